The van der Waals surface area contributed by atoms with Crippen LogP contribution in [0.15, 0.2) is 18.3 Å². The summed E-state index contributed by atoms with van der Waals surface area (Å²) in [4.78, 5) is 6.53. The third kappa shape index (κ3) is 2.79. The smallest absolute Gasteiger partial charge is 0.153 e. The minimum absolute atomic E-state index is 0.446. The summed E-state index contributed by atoms with van der Waals surface area (Å²) >= 11 is 0. The van der Waals surface area contributed by atoms with Crippen LogP contribution in [-0.4, -0.2) is 28.2 Å². The van der Waals surface area contributed by atoms with E-state index in [4.69, 9.17) is 5.73 Å². The van der Waals surface area contributed by atoms with Crippen LogP contribution in [-0.2, 0) is 6.54 Å². The van der Waals surface area contributed by atoms with Crippen LogP contribution in [0.1, 0.15) is 26.0 Å². The van der Waals surface area contributed by atoms with Gasteiger partial charge < -0.3 is 10.6 Å². The first-order chi connectivity index (χ1) is 8.60. The van der Waals surface area contributed by atoms with E-state index < -0.39 is 0 Å². The summed E-state index contributed by atoms with van der Waals surface area (Å²) in [6, 6.07) is 3.98. The van der Waals surface area contributed by atoms with Crippen molar-refractivity contribution in [1.29, 1.82) is 0 Å². The summed E-state index contributed by atoms with van der Waals surface area (Å²) in [5, 5.41) is 4.55. The highest BCUT2D eigenvalue weighted by atomic mass is 15.3. The van der Waals surface area contributed by atoms with Gasteiger partial charge >= 0.3 is 0 Å². The van der Waals surface area contributed by atoms with Crippen LogP contribution in [0.2, 0.25) is 0 Å². The van der Waals surface area contributed by atoms with Crippen molar-refractivity contribution >= 4 is 11.5 Å². The van der Waals surface area contributed by atoms with Gasteiger partial charge in [0.25, 0.3) is 0 Å². The highest BCUT2D eigenvalue weighted by Crippen LogP contribution is 2.12. The summed E-state index contributed by atoms with van der Waals surface area (Å²) in [7, 11) is 2.07. The zero-order valence-electron chi connectivity index (χ0n) is 11.3. The molecule has 0 radical (unpaired) electrons. The molecule has 0 aromatic carbocycles. The Balaban J connectivity index is 2.18. The van der Waals surface area contributed by atoms with Crippen LogP contribution in [0.4, 0.5) is 5.82 Å². The molecule has 5 nitrogen and oxygen atoms in total. The predicted octanol–water partition coefficient (Wildman–Crippen LogP) is 1.67. The van der Waals surface area contributed by atoms with Crippen LogP contribution in [0.5, 0.6) is 0 Å². The molecule has 2 aromatic rings. The zero-order valence-corrected chi connectivity index (χ0v) is 11.3. The van der Waals surface area contributed by atoms with Gasteiger partial charge in [0.1, 0.15) is 5.82 Å². The lowest BCUT2D eigenvalue weighted by Gasteiger charge is -2.18. The number of rotatable bonds is 5. The van der Waals surface area contributed by atoms with Gasteiger partial charge in [-0.15, -0.1) is 5.10 Å². The van der Waals surface area contributed by atoms with Crippen LogP contribution in [0, 0.1) is 5.92 Å². The van der Waals surface area contributed by atoms with Crippen molar-refractivity contribution in [3.63, 3.8) is 0 Å². The van der Waals surface area contributed by atoms with E-state index in [0.29, 0.717) is 12.5 Å². The second-order valence-electron chi connectivity index (χ2n) is 5.03. The molecule has 0 spiro atoms. The quantitative estimate of drug-likeness (QED) is 0.873. The third-order valence-corrected chi connectivity index (χ3v) is 3.00. The number of nitrogens with two attached hydrogens (primary N) is 1. The second kappa shape index (κ2) is 5.35. The van der Waals surface area contributed by atoms with Gasteiger partial charge in [-0.25, -0.2) is 9.50 Å². The van der Waals surface area contributed by atoms with Crippen molar-refractivity contribution in [2.75, 3.05) is 18.5 Å². The topological polar surface area (TPSA) is 59.5 Å². The van der Waals surface area contributed by atoms with Crippen molar-refractivity contribution in [3.05, 3.63) is 24.0 Å². The number of nitrogens with zero attached hydrogens (tertiary/aromatic N) is 4. The minimum Gasteiger partial charge on any atom is -0.358 e. The normalized spacial score (nSPS) is 11.4. The molecule has 2 heterocycles. The molecule has 0 unspecified atom stereocenters. The largest absolute Gasteiger partial charge is 0.358 e. The maximum Gasteiger partial charge on any atom is 0.153 e. The van der Waals surface area contributed by atoms with E-state index in [1.807, 2.05) is 18.3 Å². The lowest BCUT2D eigenvalue weighted by Crippen LogP contribution is -2.21. The van der Waals surface area contributed by atoms with Crippen LogP contribution >= 0.6 is 0 Å². The SMILES string of the molecule is CC(C)CCN(C)c1ccc2nc(CN)cn2n1. The molecule has 0 bridgehead atoms. The van der Waals surface area contributed by atoms with Crippen molar-refractivity contribution in [2.24, 2.45) is 11.7 Å². The molecule has 0 saturated carbocycles. The molecule has 98 valence electrons. The molecule has 0 aliphatic rings. The van der Waals surface area contributed by atoms with Crippen LogP contribution < -0.4 is 10.6 Å². The highest BCUT2D eigenvalue weighted by Gasteiger charge is 2.06. The molecule has 5 heteroatoms. The second-order valence-corrected chi connectivity index (χ2v) is 5.03. The lowest BCUT2D eigenvalue weighted by molar-refractivity contribution is 0.582. The van der Waals surface area contributed by atoms with E-state index in [1.54, 1.807) is 4.52 Å². The van der Waals surface area contributed by atoms with Crippen LogP contribution in [0.25, 0.3) is 5.65 Å². The number of aromatic nitrogens is 3. The zero-order chi connectivity index (χ0) is 13.1. The molecule has 2 aromatic heterocycles. The standard InChI is InChI=1S/C13H21N5/c1-10(2)6-7-17(3)13-5-4-12-15-11(8-14)9-18(12)16-13/h4-5,9-10H,6-8,14H2,1-3H3. The Hall–Kier alpha value is -1.62. The van der Waals surface area contributed by atoms with Gasteiger partial charge in [-0.1, -0.05) is 13.8 Å². The van der Waals surface area contributed by atoms with Crippen molar-refractivity contribution in [3.8, 4) is 0 Å². The fraction of sp³-hybridized carbons (Fsp3) is 0.538. The molecule has 0 aliphatic heterocycles. The van der Waals surface area contributed by atoms with E-state index >= 15 is 0 Å². The third-order valence-electron chi connectivity index (χ3n) is 3.00. The molecule has 0 atom stereocenters. The monoisotopic (exact) mass is 247 g/mol. The molecule has 0 fully saturated rings. The Morgan fingerprint density at radius 3 is 2.83 bits per heavy atom. The summed E-state index contributed by atoms with van der Waals surface area (Å²) in [6.45, 7) is 5.91. The number of imidazole rings is 1. The Morgan fingerprint density at radius 1 is 1.39 bits per heavy atom. The maximum atomic E-state index is 5.58. The van der Waals surface area contributed by atoms with Gasteiger partial charge in [0.2, 0.25) is 0 Å². The fourth-order valence-corrected chi connectivity index (χ4v) is 1.79. The summed E-state index contributed by atoms with van der Waals surface area (Å²) < 4.78 is 1.80. The Bertz CT molecular complexity index is 517. The van der Waals surface area contributed by atoms with Crippen molar-refractivity contribution in [1.82, 2.24) is 14.6 Å². The Kier molecular flexibility index (Phi) is 3.81. The maximum absolute atomic E-state index is 5.58. The van der Waals surface area contributed by atoms with Crippen molar-refractivity contribution < 1.29 is 0 Å². The molecule has 0 amide bonds. The summed E-state index contributed by atoms with van der Waals surface area (Å²) in [6.07, 6.45) is 3.04. The molecule has 2 N–H and O–H groups in total. The Morgan fingerprint density at radius 2 is 2.17 bits per heavy atom. The predicted molar refractivity (Wildman–Crippen MR) is 73.6 cm³/mol. The fourth-order valence-electron chi connectivity index (χ4n) is 1.79. The summed E-state index contributed by atoms with van der Waals surface area (Å²) in [5.41, 5.74) is 7.29. The highest BCUT2D eigenvalue weighted by molar-refractivity contribution is 5.46. The lowest BCUT2D eigenvalue weighted by atomic mass is 10.1. The molecule has 2 rings (SSSR count). The van der Waals surface area contributed by atoms with Gasteiger partial charge in [-0.3, -0.25) is 0 Å². The molecular weight excluding hydrogens is 226 g/mol. The van der Waals surface area contributed by atoms with E-state index in [0.717, 1.165) is 30.1 Å². The average Bonchev–Trinajstić information content (AvgIpc) is 2.77. The molecule has 0 aliphatic carbocycles. The number of fused-ring (bicyclic) bond motifs is 1. The number of anilines is 1. The van der Waals surface area contributed by atoms with Gasteiger partial charge in [0.05, 0.1) is 11.9 Å². The van der Waals surface area contributed by atoms with Gasteiger partial charge in [-0.05, 0) is 24.5 Å². The van der Waals surface area contributed by atoms with E-state index in [2.05, 4.69) is 35.9 Å². The first-order valence-electron chi connectivity index (χ1n) is 6.36. The van der Waals surface area contributed by atoms with Gasteiger partial charge in [-0.2, -0.15) is 0 Å². The number of hydrogen-bond acceptors (Lipinski definition) is 4. The minimum atomic E-state index is 0.446. The average molecular weight is 247 g/mol. The van der Waals surface area contributed by atoms with Gasteiger partial charge in [0, 0.05) is 20.1 Å². The Labute approximate surface area is 108 Å². The van der Waals surface area contributed by atoms with Gasteiger partial charge in [0.15, 0.2) is 5.65 Å². The van der Waals surface area contributed by atoms with E-state index in [9.17, 15) is 0 Å². The van der Waals surface area contributed by atoms with Crippen LogP contribution in [0.3, 0.4) is 0 Å². The van der Waals surface area contributed by atoms with E-state index in [-0.39, 0.29) is 0 Å². The molecular formula is C13H21N5. The van der Waals surface area contributed by atoms with E-state index in [1.165, 1.54) is 0 Å². The molecule has 0 saturated heterocycles. The van der Waals surface area contributed by atoms with Crippen molar-refractivity contribution in [2.45, 2.75) is 26.8 Å². The molecule has 18 heavy (non-hydrogen) atoms. The first-order valence-corrected chi connectivity index (χ1v) is 6.36. The summed E-state index contributed by atoms with van der Waals surface area (Å²) in [5.74, 6) is 1.66. The number of hydrogen-bond donors (Lipinski definition) is 1. The first kappa shape index (κ1) is 12.8.